The van der Waals surface area contributed by atoms with Gasteiger partial charge in [-0.15, -0.1) is 5.10 Å². The maximum absolute atomic E-state index is 12.7. The average Bonchev–Trinajstić information content (AvgIpc) is 3.16. The average molecular weight is 375 g/mol. The van der Waals surface area contributed by atoms with E-state index in [1.54, 1.807) is 40.0 Å². The lowest BCUT2D eigenvalue weighted by molar-refractivity contribution is 0.0787. The third-order valence-corrected chi connectivity index (χ3v) is 5.18. The first-order valence-corrected chi connectivity index (χ1v) is 9.26. The third kappa shape index (κ3) is 3.03. The van der Waals surface area contributed by atoms with Gasteiger partial charge in [-0.1, -0.05) is 16.4 Å². The summed E-state index contributed by atoms with van der Waals surface area (Å²) in [6.07, 6.45) is 4.78. The molecule has 28 heavy (non-hydrogen) atoms. The minimum Gasteiger partial charge on any atom is -0.336 e. The largest absolute Gasteiger partial charge is 0.336 e. The van der Waals surface area contributed by atoms with Crippen LogP contribution < -0.4 is 0 Å². The van der Waals surface area contributed by atoms with E-state index in [4.69, 9.17) is 9.78 Å². The molecule has 3 aromatic rings. The summed E-state index contributed by atoms with van der Waals surface area (Å²) < 4.78 is 7.06. The van der Waals surface area contributed by atoms with Crippen molar-refractivity contribution in [2.45, 2.75) is 31.2 Å². The number of nitrogens with zero attached hydrogens (tertiary/aromatic N) is 7. The maximum atomic E-state index is 12.7. The second-order valence-corrected chi connectivity index (χ2v) is 7.20. The monoisotopic (exact) mass is 375 g/mol. The van der Waals surface area contributed by atoms with Gasteiger partial charge < -0.3 is 9.42 Å². The van der Waals surface area contributed by atoms with Gasteiger partial charge in [0.1, 0.15) is 0 Å². The highest BCUT2D eigenvalue weighted by Crippen LogP contribution is 2.38. The SMILES string of the molecule is N#Cc1cccc(C(=O)N2CC[C@H](n3cc(-c4nc(C5CC5)no4)nn3)C2)c1. The lowest BCUT2D eigenvalue weighted by Crippen LogP contribution is -2.29. The van der Waals surface area contributed by atoms with Gasteiger partial charge in [-0.3, -0.25) is 4.79 Å². The summed E-state index contributed by atoms with van der Waals surface area (Å²) in [6, 6.07) is 8.87. The van der Waals surface area contributed by atoms with Gasteiger partial charge in [0.15, 0.2) is 11.5 Å². The minimum absolute atomic E-state index is 0.0372. The van der Waals surface area contributed by atoms with E-state index in [1.165, 1.54) is 0 Å². The Hall–Kier alpha value is -3.54. The quantitative estimate of drug-likeness (QED) is 0.686. The second kappa shape index (κ2) is 6.56. The molecule has 2 aromatic heterocycles. The fourth-order valence-electron chi connectivity index (χ4n) is 3.45. The van der Waals surface area contributed by atoms with Crippen molar-refractivity contribution in [2.24, 2.45) is 0 Å². The lowest BCUT2D eigenvalue weighted by atomic mass is 10.1. The molecule has 1 aliphatic carbocycles. The molecule has 9 heteroatoms. The van der Waals surface area contributed by atoms with Crippen molar-refractivity contribution >= 4 is 5.91 Å². The summed E-state index contributed by atoms with van der Waals surface area (Å²) >= 11 is 0. The van der Waals surface area contributed by atoms with Crippen LogP contribution in [-0.4, -0.2) is 49.0 Å². The standard InChI is InChI=1S/C19H17N7O2/c20-9-12-2-1-3-14(8-12)19(27)25-7-6-15(10-25)26-11-16(22-24-26)18-21-17(23-28-18)13-4-5-13/h1-3,8,11,13,15H,4-7,10H2/t15-/m0/s1. The molecule has 5 rings (SSSR count). The van der Waals surface area contributed by atoms with Crippen LogP contribution in [-0.2, 0) is 0 Å². The van der Waals surface area contributed by atoms with Crippen LogP contribution in [0.4, 0.5) is 0 Å². The molecule has 2 fully saturated rings. The van der Waals surface area contributed by atoms with E-state index in [-0.39, 0.29) is 11.9 Å². The minimum atomic E-state index is -0.0779. The third-order valence-electron chi connectivity index (χ3n) is 5.18. The van der Waals surface area contributed by atoms with Gasteiger partial charge in [-0.05, 0) is 37.5 Å². The smallest absolute Gasteiger partial charge is 0.280 e. The predicted molar refractivity (Wildman–Crippen MR) is 96.0 cm³/mol. The summed E-state index contributed by atoms with van der Waals surface area (Å²) in [6.45, 7) is 1.16. The van der Waals surface area contributed by atoms with Gasteiger partial charge in [-0.2, -0.15) is 10.2 Å². The molecule has 0 N–H and O–H groups in total. The molecule has 140 valence electrons. The van der Waals surface area contributed by atoms with Crippen LogP contribution in [0.15, 0.2) is 35.0 Å². The van der Waals surface area contributed by atoms with E-state index in [1.807, 2.05) is 0 Å². The van der Waals surface area contributed by atoms with Crippen molar-refractivity contribution in [3.63, 3.8) is 0 Å². The fraction of sp³-hybridized carbons (Fsp3) is 0.368. The summed E-state index contributed by atoms with van der Waals surface area (Å²) in [5.41, 5.74) is 1.55. The first kappa shape index (κ1) is 16.6. The van der Waals surface area contributed by atoms with E-state index < -0.39 is 0 Å². The number of rotatable bonds is 4. The van der Waals surface area contributed by atoms with Crippen molar-refractivity contribution < 1.29 is 9.32 Å². The molecule has 1 atom stereocenters. The van der Waals surface area contributed by atoms with E-state index in [9.17, 15) is 4.79 Å². The van der Waals surface area contributed by atoms with Crippen LogP contribution >= 0.6 is 0 Å². The van der Waals surface area contributed by atoms with Gasteiger partial charge in [0.05, 0.1) is 23.9 Å². The molecule has 2 aliphatic rings. The van der Waals surface area contributed by atoms with Crippen LogP contribution in [0.1, 0.15) is 53.0 Å². The molecular formula is C19H17N7O2. The Labute approximate surface area is 160 Å². The summed E-state index contributed by atoms with van der Waals surface area (Å²) in [5.74, 6) is 1.46. The van der Waals surface area contributed by atoms with Gasteiger partial charge in [0.25, 0.3) is 11.8 Å². The van der Waals surface area contributed by atoms with Gasteiger partial charge >= 0.3 is 0 Å². The number of benzene rings is 1. The number of carbonyl (C=O) groups excluding carboxylic acids is 1. The highest BCUT2D eigenvalue weighted by Gasteiger charge is 2.31. The number of hydrogen-bond donors (Lipinski definition) is 0. The van der Waals surface area contributed by atoms with Crippen LogP contribution in [0.2, 0.25) is 0 Å². The maximum Gasteiger partial charge on any atom is 0.280 e. The van der Waals surface area contributed by atoms with Gasteiger partial charge in [-0.25, -0.2) is 4.68 Å². The highest BCUT2D eigenvalue weighted by molar-refractivity contribution is 5.94. The summed E-state index contributed by atoms with van der Waals surface area (Å²) in [4.78, 5) is 18.9. The zero-order valence-corrected chi connectivity index (χ0v) is 15.0. The van der Waals surface area contributed by atoms with Crippen LogP contribution in [0, 0.1) is 11.3 Å². The molecule has 0 unspecified atom stereocenters. The Morgan fingerprint density at radius 2 is 2.18 bits per heavy atom. The Balaban J connectivity index is 1.28. The first-order valence-electron chi connectivity index (χ1n) is 9.26. The molecule has 0 spiro atoms. The van der Waals surface area contributed by atoms with Crippen molar-refractivity contribution in [3.8, 4) is 17.7 Å². The molecule has 1 aromatic carbocycles. The van der Waals surface area contributed by atoms with Crippen molar-refractivity contribution in [1.82, 2.24) is 30.0 Å². The topological polar surface area (TPSA) is 114 Å². The molecule has 1 amide bonds. The fourth-order valence-corrected chi connectivity index (χ4v) is 3.45. The molecule has 1 saturated carbocycles. The number of aromatic nitrogens is 5. The summed E-state index contributed by atoms with van der Waals surface area (Å²) in [5, 5.41) is 21.4. The molecule has 1 saturated heterocycles. The Kier molecular flexibility index (Phi) is 3.90. The van der Waals surface area contributed by atoms with Crippen molar-refractivity contribution in [2.75, 3.05) is 13.1 Å². The van der Waals surface area contributed by atoms with Gasteiger partial charge in [0.2, 0.25) is 0 Å². The molecule has 0 radical (unpaired) electrons. The van der Waals surface area contributed by atoms with E-state index in [0.29, 0.717) is 41.7 Å². The lowest BCUT2D eigenvalue weighted by Gasteiger charge is -2.16. The van der Waals surface area contributed by atoms with E-state index >= 15 is 0 Å². The van der Waals surface area contributed by atoms with Crippen molar-refractivity contribution in [1.29, 1.82) is 5.26 Å². The molecule has 3 heterocycles. The Bertz CT molecular complexity index is 1080. The normalized spacial score (nSPS) is 19.0. The molecular weight excluding hydrogens is 358 g/mol. The number of hydrogen-bond acceptors (Lipinski definition) is 7. The highest BCUT2D eigenvalue weighted by atomic mass is 16.5. The Morgan fingerprint density at radius 3 is 3.00 bits per heavy atom. The zero-order chi connectivity index (χ0) is 19.1. The predicted octanol–water partition coefficient (Wildman–Crippen LogP) is 2.16. The van der Waals surface area contributed by atoms with Crippen LogP contribution in [0.25, 0.3) is 11.6 Å². The molecule has 1 aliphatic heterocycles. The first-order chi connectivity index (χ1) is 13.7. The van der Waals surface area contributed by atoms with Gasteiger partial charge in [0, 0.05) is 24.6 Å². The molecule has 9 nitrogen and oxygen atoms in total. The van der Waals surface area contributed by atoms with Crippen LogP contribution in [0.3, 0.4) is 0 Å². The second-order valence-electron chi connectivity index (χ2n) is 7.20. The number of nitriles is 1. The summed E-state index contributed by atoms with van der Waals surface area (Å²) in [7, 11) is 0. The number of carbonyl (C=O) groups is 1. The molecule has 0 bridgehead atoms. The van der Waals surface area contributed by atoms with E-state index in [0.717, 1.165) is 25.1 Å². The number of likely N-dealkylation sites (tertiary alicyclic amines) is 1. The van der Waals surface area contributed by atoms with E-state index in [2.05, 4.69) is 26.5 Å². The zero-order valence-electron chi connectivity index (χ0n) is 15.0. The van der Waals surface area contributed by atoms with Crippen molar-refractivity contribution in [3.05, 3.63) is 47.4 Å². The number of amides is 1. The van der Waals surface area contributed by atoms with Crippen LogP contribution in [0.5, 0.6) is 0 Å². The Morgan fingerprint density at radius 1 is 1.29 bits per heavy atom.